The molecular weight excluding hydrogens is 615 g/mol. The van der Waals surface area contributed by atoms with Crippen molar-refractivity contribution < 1.29 is 4.42 Å². The Morgan fingerprint density at radius 3 is 1.90 bits per heavy atom. The van der Waals surface area contributed by atoms with E-state index in [0.717, 1.165) is 39.0 Å². The third kappa shape index (κ3) is 4.70. The SMILES string of the molecule is c1cc(-c2ccc3c(c2)sc2ccccc23)cc(N(c2cccc(-c3cccc4ccccc34)c2)c2ccc3oc4ccccc4c3c2)c1. The van der Waals surface area contributed by atoms with Crippen molar-refractivity contribution in [3.8, 4) is 22.3 Å². The van der Waals surface area contributed by atoms with E-state index in [1.165, 1.54) is 53.2 Å². The average Bonchev–Trinajstić information content (AvgIpc) is 3.73. The number of anilines is 3. The van der Waals surface area contributed by atoms with Crippen LogP contribution in [0.2, 0.25) is 0 Å². The van der Waals surface area contributed by atoms with Gasteiger partial charge in [-0.1, -0.05) is 115 Å². The Morgan fingerprint density at radius 2 is 1.00 bits per heavy atom. The molecule has 3 heteroatoms. The summed E-state index contributed by atoms with van der Waals surface area (Å²) in [5.41, 5.74) is 9.85. The lowest BCUT2D eigenvalue weighted by Gasteiger charge is -2.27. The second kappa shape index (κ2) is 11.2. The summed E-state index contributed by atoms with van der Waals surface area (Å²) >= 11 is 1.86. The van der Waals surface area contributed by atoms with Gasteiger partial charge in [0.1, 0.15) is 11.2 Å². The zero-order valence-corrected chi connectivity index (χ0v) is 27.3. The maximum Gasteiger partial charge on any atom is 0.135 e. The van der Waals surface area contributed by atoms with Gasteiger partial charge in [-0.15, -0.1) is 11.3 Å². The van der Waals surface area contributed by atoms with Crippen LogP contribution in [0.5, 0.6) is 0 Å². The summed E-state index contributed by atoms with van der Waals surface area (Å²) in [6.45, 7) is 0. The zero-order valence-electron chi connectivity index (χ0n) is 26.5. The van der Waals surface area contributed by atoms with Gasteiger partial charge in [-0.25, -0.2) is 0 Å². The number of hydrogen-bond acceptors (Lipinski definition) is 3. The zero-order chi connectivity index (χ0) is 32.3. The molecule has 2 nitrogen and oxygen atoms in total. The van der Waals surface area contributed by atoms with Crippen molar-refractivity contribution in [2.24, 2.45) is 0 Å². The Balaban J connectivity index is 1.15. The number of hydrogen-bond donors (Lipinski definition) is 0. The van der Waals surface area contributed by atoms with Crippen molar-refractivity contribution in [1.29, 1.82) is 0 Å². The predicted molar refractivity (Wildman–Crippen MR) is 210 cm³/mol. The van der Waals surface area contributed by atoms with Gasteiger partial charge in [0.15, 0.2) is 0 Å². The molecule has 10 rings (SSSR count). The Morgan fingerprint density at radius 1 is 0.367 bits per heavy atom. The second-order valence-electron chi connectivity index (χ2n) is 12.6. The molecule has 0 atom stereocenters. The van der Waals surface area contributed by atoms with E-state index in [1.807, 2.05) is 23.5 Å². The van der Waals surface area contributed by atoms with E-state index in [-0.39, 0.29) is 0 Å². The van der Waals surface area contributed by atoms with Crippen molar-refractivity contribution in [1.82, 2.24) is 0 Å². The van der Waals surface area contributed by atoms with Crippen LogP contribution in [0.25, 0.3) is 75.1 Å². The molecule has 0 aliphatic rings. The van der Waals surface area contributed by atoms with E-state index in [2.05, 4.69) is 169 Å². The number of nitrogens with zero attached hydrogens (tertiary/aromatic N) is 1. The Hall–Kier alpha value is -6.16. The lowest BCUT2D eigenvalue weighted by atomic mass is 9.97. The minimum atomic E-state index is 0.889. The maximum absolute atomic E-state index is 6.23. The summed E-state index contributed by atoms with van der Waals surface area (Å²) in [5.74, 6) is 0. The van der Waals surface area contributed by atoms with Gasteiger partial charge in [-0.2, -0.15) is 0 Å². The number of thiophene rings is 1. The fourth-order valence-electron chi connectivity index (χ4n) is 7.32. The first kappa shape index (κ1) is 27.9. The lowest BCUT2D eigenvalue weighted by molar-refractivity contribution is 0.669. The van der Waals surface area contributed by atoms with Crippen LogP contribution in [-0.4, -0.2) is 0 Å². The Labute approximate surface area is 287 Å². The largest absolute Gasteiger partial charge is 0.456 e. The average molecular weight is 644 g/mol. The second-order valence-corrected chi connectivity index (χ2v) is 13.6. The number of para-hydroxylation sites is 1. The topological polar surface area (TPSA) is 16.4 Å². The van der Waals surface area contributed by atoms with Crippen molar-refractivity contribution in [3.05, 3.63) is 176 Å². The molecule has 0 spiro atoms. The summed E-state index contributed by atoms with van der Waals surface area (Å²) in [6.07, 6.45) is 0. The highest BCUT2D eigenvalue weighted by Crippen LogP contribution is 2.42. The van der Waals surface area contributed by atoms with E-state index in [4.69, 9.17) is 4.42 Å². The van der Waals surface area contributed by atoms with Crippen molar-refractivity contribution in [3.63, 3.8) is 0 Å². The van der Waals surface area contributed by atoms with Gasteiger partial charge in [0, 0.05) is 48.0 Å². The number of furan rings is 1. The molecule has 0 bridgehead atoms. The quantitative estimate of drug-likeness (QED) is 0.186. The molecule has 0 N–H and O–H groups in total. The smallest absolute Gasteiger partial charge is 0.135 e. The van der Waals surface area contributed by atoms with Crippen LogP contribution in [0.1, 0.15) is 0 Å². The van der Waals surface area contributed by atoms with E-state index in [0.29, 0.717) is 0 Å². The van der Waals surface area contributed by atoms with E-state index < -0.39 is 0 Å². The first-order chi connectivity index (χ1) is 24.3. The Kier molecular flexibility index (Phi) is 6.39. The van der Waals surface area contributed by atoms with E-state index in [1.54, 1.807) is 0 Å². The molecule has 2 heterocycles. The van der Waals surface area contributed by atoms with Crippen LogP contribution in [0, 0.1) is 0 Å². The van der Waals surface area contributed by atoms with Gasteiger partial charge in [0.05, 0.1) is 0 Å². The molecule has 230 valence electrons. The fourth-order valence-corrected chi connectivity index (χ4v) is 8.47. The van der Waals surface area contributed by atoms with Crippen LogP contribution < -0.4 is 4.90 Å². The number of rotatable bonds is 5. The number of benzene rings is 8. The summed E-state index contributed by atoms with van der Waals surface area (Å²) < 4.78 is 8.86. The molecule has 0 amide bonds. The van der Waals surface area contributed by atoms with Crippen LogP contribution in [-0.2, 0) is 0 Å². The van der Waals surface area contributed by atoms with Gasteiger partial charge < -0.3 is 9.32 Å². The summed E-state index contributed by atoms with van der Waals surface area (Å²) in [5, 5.41) is 7.35. The van der Waals surface area contributed by atoms with Gasteiger partial charge in [-0.3, -0.25) is 0 Å². The summed E-state index contributed by atoms with van der Waals surface area (Å²) in [7, 11) is 0. The molecule has 0 radical (unpaired) electrons. The van der Waals surface area contributed by atoms with Crippen LogP contribution in [0.4, 0.5) is 17.1 Å². The first-order valence-electron chi connectivity index (χ1n) is 16.6. The van der Waals surface area contributed by atoms with Gasteiger partial charge in [0.2, 0.25) is 0 Å². The summed E-state index contributed by atoms with van der Waals surface area (Å²) in [4.78, 5) is 2.37. The molecule has 10 aromatic rings. The van der Waals surface area contributed by atoms with Gasteiger partial charge in [0.25, 0.3) is 0 Å². The molecule has 0 aliphatic heterocycles. The minimum Gasteiger partial charge on any atom is -0.456 e. The molecule has 8 aromatic carbocycles. The highest BCUT2D eigenvalue weighted by Gasteiger charge is 2.18. The Bertz CT molecular complexity index is 2850. The highest BCUT2D eigenvalue weighted by molar-refractivity contribution is 7.25. The van der Waals surface area contributed by atoms with E-state index >= 15 is 0 Å². The van der Waals surface area contributed by atoms with Crippen LogP contribution >= 0.6 is 11.3 Å². The molecule has 0 saturated heterocycles. The van der Waals surface area contributed by atoms with Crippen LogP contribution in [0.3, 0.4) is 0 Å². The molecule has 49 heavy (non-hydrogen) atoms. The third-order valence-corrected chi connectivity index (χ3v) is 10.8. The fraction of sp³-hybridized carbons (Fsp3) is 0. The van der Waals surface area contributed by atoms with Gasteiger partial charge in [-0.05, 0) is 93.7 Å². The van der Waals surface area contributed by atoms with Crippen molar-refractivity contribution in [2.45, 2.75) is 0 Å². The maximum atomic E-state index is 6.23. The normalized spacial score (nSPS) is 11.7. The van der Waals surface area contributed by atoms with E-state index in [9.17, 15) is 0 Å². The summed E-state index contributed by atoms with van der Waals surface area (Å²) in [6, 6.07) is 63.4. The third-order valence-electron chi connectivity index (χ3n) is 9.64. The monoisotopic (exact) mass is 643 g/mol. The van der Waals surface area contributed by atoms with Crippen LogP contribution in [0.15, 0.2) is 180 Å². The molecule has 0 fully saturated rings. The number of fused-ring (bicyclic) bond motifs is 7. The molecule has 0 unspecified atom stereocenters. The molecule has 0 aliphatic carbocycles. The van der Waals surface area contributed by atoms with Crippen molar-refractivity contribution in [2.75, 3.05) is 4.90 Å². The standard InChI is InChI=1S/C46H29NOS/c1-2-16-37-30(10-1)11-9-19-38(37)33-13-8-15-35(27-33)47(36-23-25-44-42(29-36)39-17-3-5-20-43(39)48-44)34-14-7-12-31(26-34)32-22-24-41-40-18-4-6-21-45(40)49-46(41)28-32/h1-29H. The highest BCUT2D eigenvalue weighted by atomic mass is 32.1. The van der Waals surface area contributed by atoms with Gasteiger partial charge >= 0.3 is 0 Å². The molecular formula is C46H29NOS. The predicted octanol–water partition coefficient (Wildman–Crippen LogP) is 13.9. The lowest BCUT2D eigenvalue weighted by Crippen LogP contribution is -2.10. The minimum absolute atomic E-state index is 0.889. The first-order valence-corrected chi connectivity index (χ1v) is 17.4. The molecule has 0 saturated carbocycles. The molecule has 2 aromatic heterocycles. The van der Waals surface area contributed by atoms with Crippen molar-refractivity contribution >= 4 is 81.3 Å².